The normalized spacial score (nSPS) is 18.1. The lowest BCUT2D eigenvalue weighted by atomic mass is 10.0. The molecule has 4 heteroatoms. The highest BCUT2D eigenvalue weighted by molar-refractivity contribution is 5.78. The Morgan fingerprint density at radius 2 is 2.05 bits per heavy atom. The first-order chi connectivity index (χ1) is 10.2. The highest BCUT2D eigenvalue weighted by atomic mass is 16.6. The van der Waals surface area contributed by atoms with Crippen LogP contribution in [0.2, 0.25) is 0 Å². The number of hydrogen-bond acceptors (Lipinski definition) is 3. The highest BCUT2D eigenvalue weighted by Gasteiger charge is 2.26. The van der Waals surface area contributed by atoms with Gasteiger partial charge < -0.3 is 14.4 Å². The van der Waals surface area contributed by atoms with E-state index < -0.39 is 0 Å². The minimum absolute atomic E-state index is 0.0757. The minimum atomic E-state index is -0.0994. The molecular formula is C17H25NO3. The summed E-state index contributed by atoms with van der Waals surface area (Å²) in [7, 11) is 0. The second-order valence-corrected chi connectivity index (χ2v) is 5.56. The van der Waals surface area contributed by atoms with Crippen LogP contribution >= 0.6 is 0 Å². The zero-order chi connectivity index (χ0) is 15.2. The molecule has 0 spiro atoms. The van der Waals surface area contributed by atoms with Gasteiger partial charge in [0, 0.05) is 12.5 Å². The summed E-state index contributed by atoms with van der Waals surface area (Å²) >= 11 is 0. The number of amides is 1. The summed E-state index contributed by atoms with van der Waals surface area (Å²) in [5, 5.41) is 0. The Morgan fingerprint density at radius 3 is 2.71 bits per heavy atom. The molecule has 0 fully saturated rings. The summed E-state index contributed by atoms with van der Waals surface area (Å²) in [6, 6.07) is 7.66. The van der Waals surface area contributed by atoms with Crippen LogP contribution in [0.3, 0.4) is 0 Å². The van der Waals surface area contributed by atoms with E-state index >= 15 is 0 Å². The lowest BCUT2D eigenvalue weighted by Gasteiger charge is -2.32. The molecule has 1 aliphatic rings. The summed E-state index contributed by atoms with van der Waals surface area (Å²) in [6.45, 7) is 7.89. The number of benzene rings is 1. The van der Waals surface area contributed by atoms with Gasteiger partial charge in [0.1, 0.15) is 6.61 Å². The highest BCUT2D eigenvalue weighted by Crippen LogP contribution is 2.31. The molecule has 1 aromatic rings. The molecule has 0 radical (unpaired) electrons. The van der Waals surface area contributed by atoms with Gasteiger partial charge in [0.25, 0.3) is 0 Å². The topological polar surface area (TPSA) is 38.8 Å². The van der Waals surface area contributed by atoms with Crippen molar-refractivity contribution in [3.63, 3.8) is 0 Å². The molecule has 2 atom stereocenters. The Balaban J connectivity index is 1.95. The molecule has 0 N–H and O–H groups in total. The molecule has 116 valence electrons. The van der Waals surface area contributed by atoms with E-state index in [9.17, 15) is 4.79 Å². The van der Waals surface area contributed by atoms with Crippen LogP contribution < -0.4 is 9.47 Å². The smallest absolute Gasteiger partial charge is 0.225 e. The molecule has 2 unspecified atom stereocenters. The van der Waals surface area contributed by atoms with Crippen molar-refractivity contribution in [1.82, 2.24) is 4.90 Å². The molecule has 2 rings (SSSR count). The van der Waals surface area contributed by atoms with Gasteiger partial charge in [0.15, 0.2) is 17.6 Å². The fourth-order valence-electron chi connectivity index (χ4n) is 2.64. The van der Waals surface area contributed by atoms with Crippen LogP contribution in [0.4, 0.5) is 0 Å². The van der Waals surface area contributed by atoms with Gasteiger partial charge in [-0.2, -0.15) is 0 Å². The Bertz CT molecular complexity index is 475. The molecule has 1 aliphatic heterocycles. The zero-order valence-corrected chi connectivity index (χ0v) is 13.2. The van der Waals surface area contributed by atoms with Crippen molar-refractivity contribution in [2.24, 2.45) is 5.92 Å². The summed E-state index contributed by atoms with van der Waals surface area (Å²) in [5.74, 6) is 1.83. The Hall–Kier alpha value is -1.71. The number of rotatable bonds is 6. The van der Waals surface area contributed by atoms with Crippen molar-refractivity contribution in [2.75, 3.05) is 19.7 Å². The molecule has 0 bridgehead atoms. The van der Waals surface area contributed by atoms with Crippen molar-refractivity contribution in [1.29, 1.82) is 0 Å². The van der Waals surface area contributed by atoms with E-state index in [1.165, 1.54) is 0 Å². The lowest BCUT2D eigenvalue weighted by Crippen LogP contribution is -2.45. The second kappa shape index (κ2) is 7.34. The van der Waals surface area contributed by atoms with E-state index in [-0.39, 0.29) is 17.9 Å². The lowest BCUT2D eigenvalue weighted by molar-refractivity contribution is -0.136. The van der Waals surface area contributed by atoms with Gasteiger partial charge >= 0.3 is 0 Å². The van der Waals surface area contributed by atoms with E-state index in [1.807, 2.05) is 43.0 Å². The molecule has 0 aliphatic carbocycles. The molecule has 1 amide bonds. The first kappa shape index (κ1) is 15.7. The SMILES string of the molecule is CCCC(C)C(=O)N(CC)CC1COc2ccccc2O1. The van der Waals surface area contributed by atoms with Gasteiger partial charge in [0.2, 0.25) is 5.91 Å². The predicted octanol–water partition coefficient (Wildman–Crippen LogP) is 3.11. The average Bonchev–Trinajstić information content (AvgIpc) is 2.52. The third-order valence-corrected chi connectivity index (χ3v) is 3.83. The van der Waals surface area contributed by atoms with Crippen molar-refractivity contribution in [2.45, 2.75) is 39.7 Å². The number of likely N-dealkylation sites (N-methyl/N-ethyl adjacent to an activating group) is 1. The third kappa shape index (κ3) is 3.90. The van der Waals surface area contributed by atoms with Crippen LogP contribution in [0.25, 0.3) is 0 Å². The molecule has 0 aromatic heterocycles. The second-order valence-electron chi connectivity index (χ2n) is 5.56. The molecule has 21 heavy (non-hydrogen) atoms. The van der Waals surface area contributed by atoms with Crippen LogP contribution in [-0.4, -0.2) is 36.6 Å². The summed E-state index contributed by atoms with van der Waals surface area (Å²) in [6.07, 6.45) is 1.86. The van der Waals surface area contributed by atoms with E-state index in [4.69, 9.17) is 9.47 Å². The first-order valence-electron chi connectivity index (χ1n) is 7.83. The molecule has 0 saturated carbocycles. The first-order valence-corrected chi connectivity index (χ1v) is 7.83. The van der Waals surface area contributed by atoms with E-state index in [0.29, 0.717) is 19.7 Å². The molecule has 4 nitrogen and oxygen atoms in total. The van der Waals surface area contributed by atoms with Gasteiger partial charge in [-0.3, -0.25) is 4.79 Å². The van der Waals surface area contributed by atoms with E-state index in [0.717, 1.165) is 24.3 Å². The number of hydrogen-bond donors (Lipinski definition) is 0. The van der Waals surface area contributed by atoms with Crippen LogP contribution in [0.5, 0.6) is 11.5 Å². The largest absolute Gasteiger partial charge is 0.486 e. The maximum absolute atomic E-state index is 12.4. The molecule has 1 heterocycles. The number of fused-ring (bicyclic) bond motifs is 1. The van der Waals surface area contributed by atoms with Gasteiger partial charge in [-0.25, -0.2) is 0 Å². The number of para-hydroxylation sites is 2. The number of carbonyl (C=O) groups is 1. The predicted molar refractivity (Wildman–Crippen MR) is 82.7 cm³/mol. The number of carbonyl (C=O) groups excluding carboxylic acids is 1. The Labute approximate surface area is 127 Å². The van der Waals surface area contributed by atoms with Crippen molar-refractivity contribution in [3.05, 3.63) is 24.3 Å². The summed E-state index contributed by atoms with van der Waals surface area (Å²) in [5.41, 5.74) is 0. The summed E-state index contributed by atoms with van der Waals surface area (Å²) < 4.78 is 11.6. The summed E-state index contributed by atoms with van der Waals surface area (Å²) in [4.78, 5) is 14.3. The van der Waals surface area contributed by atoms with Gasteiger partial charge in [-0.15, -0.1) is 0 Å². The number of nitrogens with zero attached hydrogens (tertiary/aromatic N) is 1. The fraction of sp³-hybridized carbons (Fsp3) is 0.588. The van der Waals surface area contributed by atoms with Crippen molar-refractivity contribution in [3.8, 4) is 11.5 Å². The molecular weight excluding hydrogens is 266 g/mol. The van der Waals surface area contributed by atoms with Crippen molar-refractivity contribution >= 4 is 5.91 Å². The van der Waals surface area contributed by atoms with Gasteiger partial charge in [-0.1, -0.05) is 32.4 Å². The van der Waals surface area contributed by atoms with E-state index in [1.54, 1.807) is 0 Å². The minimum Gasteiger partial charge on any atom is -0.486 e. The quantitative estimate of drug-likeness (QED) is 0.808. The van der Waals surface area contributed by atoms with E-state index in [2.05, 4.69) is 6.92 Å². The zero-order valence-electron chi connectivity index (χ0n) is 13.2. The van der Waals surface area contributed by atoms with Gasteiger partial charge in [-0.05, 0) is 25.5 Å². The molecule has 0 saturated heterocycles. The van der Waals surface area contributed by atoms with Crippen LogP contribution in [0.15, 0.2) is 24.3 Å². The maximum atomic E-state index is 12.4. The van der Waals surface area contributed by atoms with Crippen LogP contribution in [0, 0.1) is 5.92 Å². The van der Waals surface area contributed by atoms with Crippen molar-refractivity contribution < 1.29 is 14.3 Å². The molecule has 1 aromatic carbocycles. The average molecular weight is 291 g/mol. The van der Waals surface area contributed by atoms with Gasteiger partial charge in [0.05, 0.1) is 6.54 Å². The Kier molecular flexibility index (Phi) is 5.48. The fourth-order valence-corrected chi connectivity index (χ4v) is 2.64. The monoisotopic (exact) mass is 291 g/mol. The third-order valence-electron chi connectivity index (χ3n) is 3.83. The standard InChI is InChI=1S/C17H25NO3/c1-4-8-13(3)17(19)18(5-2)11-14-12-20-15-9-6-7-10-16(15)21-14/h6-7,9-10,13-14H,4-5,8,11-12H2,1-3H3. The van der Waals surface area contributed by atoms with Crippen LogP contribution in [-0.2, 0) is 4.79 Å². The Morgan fingerprint density at radius 1 is 1.33 bits per heavy atom. The maximum Gasteiger partial charge on any atom is 0.225 e. The number of ether oxygens (including phenoxy) is 2. The van der Waals surface area contributed by atoms with Crippen LogP contribution in [0.1, 0.15) is 33.6 Å².